The number of pyridine rings is 1. The summed E-state index contributed by atoms with van der Waals surface area (Å²) in [5.41, 5.74) is 1.55. The first-order valence-corrected chi connectivity index (χ1v) is 11.5. The predicted octanol–water partition coefficient (Wildman–Crippen LogP) is 5.58. The van der Waals surface area contributed by atoms with E-state index in [0.29, 0.717) is 30.6 Å². The number of aromatic hydroxyl groups is 1. The van der Waals surface area contributed by atoms with Gasteiger partial charge in [0.1, 0.15) is 11.6 Å². The van der Waals surface area contributed by atoms with Crippen molar-refractivity contribution in [1.29, 1.82) is 0 Å². The maximum Gasteiger partial charge on any atom is 0.255 e. The molecule has 0 radical (unpaired) electrons. The second-order valence-corrected chi connectivity index (χ2v) is 9.33. The molecule has 31 heavy (non-hydrogen) atoms. The molecule has 1 atom stereocenters. The number of hydrogen-bond acceptors (Lipinski definition) is 6. The number of rotatable bonds is 8. The highest BCUT2D eigenvalue weighted by Crippen LogP contribution is 2.42. The molecule has 0 aliphatic heterocycles. The summed E-state index contributed by atoms with van der Waals surface area (Å²) in [4.78, 5) is 21.1. The van der Waals surface area contributed by atoms with E-state index in [2.05, 4.69) is 15.3 Å². The van der Waals surface area contributed by atoms with Gasteiger partial charge in [-0.15, -0.1) is 11.3 Å². The lowest BCUT2D eigenvalue weighted by Crippen LogP contribution is -2.24. The maximum atomic E-state index is 14.5. The highest BCUT2D eigenvalue weighted by molar-refractivity contribution is 8.01. The summed E-state index contributed by atoms with van der Waals surface area (Å²) in [6.07, 6.45) is 3.00. The number of carbonyl (C=O) groups excluding carboxylic acids is 1. The molecule has 0 saturated carbocycles. The van der Waals surface area contributed by atoms with Crippen LogP contribution in [0.1, 0.15) is 34.0 Å². The van der Waals surface area contributed by atoms with Gasteiger partial charge in [0.15, 0.2) is 9.99 Å². The minimum absolute atomic E-state index is 0.0516. The quantitative estimate of drug-likeness (QED) is 0.269. The first-order valence-electron chi connectivity index (χ1n) is 9.80. The summed E-state index contributed by atoms with van der Waals surface area (Å²) in [7, 11) is 0. The predicted molar refractivity (Wildman–Crippen MR) is 122 cm³/mol. The van der Waals surface area contributed by atoms with Gasteiger partial charge in [0.2, 0.25) is 0 Å². The Morgan fingerprint density at radius 3 is 2.74 bits per heavy atom. The average molecular weight is 454 g/mol. The molecule has 1 unspecified atom stereocenters. The molecule has 4 rings (SSSR count). The fraction of sp³-hybridized carbons (Fsp3) is 0.174. The molecule has 8 heteroatoms. The molecule has 2 aromatic heterocycles. The normalized spacial score (nSPS) is 12.0. The number of fused-ring (bicyclic) bond motifs is 1. The SMILES string of the molecule is O=C(NCCCC(Sc1nc2ncccc2s1)c1ccccc1F)c1ccccc1O. The molecule has 0 fully saturated rings. The first kappa shape index (κ1) is 21.3. The number of thioether (sulfide) groups is 1. The van der Waals surface area contributed by atoms with Crippen molar-refractivity contribution in [1.82, 2.24) is 15.3 Å². The van der Waals surface area contributed by atoms with E-state index in [1.165, 1.54) is 35.2 Å². The zero-order valence-corrected chi connectivity index (χ0v) is 18.1. The second-order valence-electron chi connectivity index (χ2n) is 6.85. The lowest BCUT2D eigenvalue weighted by molar-refractivity contribution is 0.0950. The highest BCUT2D eigenvalue weighted by Gasteiger charge is 2.19. The number of benzene rings is 2. The summed E-state index contributed by atoms with van der Waals surface area (Å²) < 4.78 is 16.3. The summed E-state index contributed by atoms with van der Waals surface area (Å²) >= 11 is 3.05. The van der Waals surface area contributed by atoms with Gasteiger partial charge in [0.25, 0.3) is 5.91 Å². The van der Waals surface area contributed by atoms with E-state index in [1.54, 1.807) is 36.5 Å². The number of carbonyl (C=O) groups is 1. The number of phenols is 1. The molecule has 4 aromatic rings. The zero-order chi connectivity index (χ0) is 21.6. The van der Waals surface area contributed by atoms with Crippen LogP contribution < -0.4 is 5.32 Å². The topological polar surface area (TPSA) is 75.1 Å². The number of nitrogens with zero attached hydrogens (tertiary/aromatic N) is 2. The van der Waals surface area contributed by atoms with Gasteiger partial charge in [-0.05, 0) is 43.2 Å². The van der Waals surface area contributed by atoms with Gasteiger partial charge >= 0.3 is 0 Å². The fourth-order valence-electron chi connectivity index (χ4n) is 3.19. The molecule has 1 amide bonds. The number of hydrogen-bond donors (Lipinski definition) is 2. The summed E-state index contributed by atoms with van der Waals surface area (Å²) in [6.45, 7) is 0.417. The smallest absolute Gasteiger partial charge is 0.255 e. The largest absolute Gasteiger partial charge is 0.507 e. The van der Waals surface area contributed by atoms with Crippen molar-refractivity contribution in [2.45, 2.75) is 22.4 Å². The van der Waals surface area contributed by atoms with Crippen molar-refractivity contribution in [2.24, 2.45) is 0 Å². The van der Waals surface area contributed by atoms with Gasteiger partial charge in [-0.3, -0.25) is 4.79 Å². The molecule has 0 spiro atoms. The van der Waals surface area contributed by atoms with Crippen LogP contribution in [0.2, 0.25) is 0 Å². The van der Waals surface area contributed by atoms with E-state index < -0.39 is 0 Å². The first-order chi connectivity index (χ1) is 15.1. The number of halogens is 1. The Morgan fingerprint density at radius 1 is 1.13 bits per heavy atom. The molecule has 2 heterocycles. The third kappa shape index (κ3) is 5.21. The van der Waals surface area contributed by atoms with Crippen molar-refractivity contribution in [3.63, 3.8) is 0 Å². The van der Waals surface area contributed by atoms with Gasteiger partial charge < -0.3 is 10.4 Å². The van der Waals surface area contributed by atoms with E-state index >= 15 is 0 Å². The number of para-hydroxylation sites is 1. The third-order valence-corrected chi connectivity index (χ3v) is 7.13. The molecular weight excluding hydrogens is 433 g/mol. The third-order valence-electron chi connectivity index (χ3n) is 4.72. The minimum atomic E-state index is -0.328. The van der Waals surface area contributed by atoms with E-state index in [4.69, 9.17) is 0 Å². The second kappa shape index (κ2) is 9.89. The van der Waals surface area contributed by atoms with Crippen molar-refractivity contribution in [3.05, 3.63) is 83.8 Å². The van der Waals surface area contributed by atoms with Crippen molar-refractivity contribution < 1.29 is 14.3 Å². The molecule has 0 saturated heterocycles. The minimum Gasteiger partial charge on any atom is -0.507 e. The Labute approximate surface area is 187 Å². The molecule has 5 nitrogen and oxygen atoms in total. The molecule has 0 bridgehead atoms. The monoisotopic (exact) mass is 453 g/mol. The van der Waals surface area contributed by atoms with Crippen LogP contribution in [0.3, 0.4) is 0 Å². The Morgan fingerprint density at radius 2 is 1.94 bits per heavy atom. The summed E-state index contributed by atoms with van der Waals surface area (Å²) in [5, 5.41) is 12.5. The molecule has 0 aliphatic carbocycles. The lowest BCUT2D eigenvalue weighted by Gasteiger charge is -2.16. The highest BCUT2D eigenvalue weighted by atomic mass is 32.2. The number of thiazole rings is 1. The maximum absolute atomic E-state index is 14.5. The molecule has 2 N–H and O–H groups in total. The van der Waals surface area contributed by atoms with Crippen LogP contribution in [0, 0.1) is 5.82 Å². The lowest BCUT2D eigenvalue weighted by atomic mass is 10.1. The van der Waals surface area contributed by atoms with Crippen LogP contribution in [-0.4, -0.2) is 27.5 Å². The number of amides is 1. The fourth-order valence-corrected chi connectivity index (χ4v) is 5.64. The van der Waals surface area contributed by atoms with Crippen LogP contribution in [0.25, 0.3) is 10.3 Å². The van der Waals surface area contributed by atoms with Gasteiger partial charge in [0, 0.05) is 23.6 Å². The van der Waals surface area contributed by atoms with Crippen LogP contribution in [0.15, 0.2) is 71.2 Å². The van der Waals surface area contributed by atoms with Crippen LogP contribution in [0.5, 0.6) is 5.75 Å². The Bertz CT molecular complexity index is 1170. The average Bonchev–Trinajstić information content (AvgIpc) is 3.19. The summed E-state index contributed by atoms with van der Waals surface area (Å²) in [5.74, 6) is -0.632. The van der Waals surface area contributed by atoms with Crippen molar-refractivity contribution in [2.75, 3.05) is 6.54 Å². The van der Waals surface area contributed by atoms with Crippen LogP contribution in [0.4, 0.5) is 4.39 Å². The van der Waals surface area contributed by atoms with Crippen molar-refractivity contribution in [3.8, 4) is 5.75 Å². The van der Waals surface area contributed by atoms with E-state index in [0.717, 1.165) is 9.04 Å². The van der Waals surface area contributed by atoms with E-state index in [-0.39, 0.29) is 28.3 Å². The zero-order valence-electron chi connectivity index (χ0n) is 16.5. The van der Waals surface area contributed by atoms with Gasteiger partial charge in [-0.2, -0.15) is 0 Å². The van der Waals surface area contributed by atoms with Crippen LogP contribution in [-0.2, 0) is 0 Å². The number of aromatic nitrogens is 2. The Kier molecular flexibility index (Phi) is 6.79. The van der Waals surface area contributed by atoms with Crippen LogP contribution >= 0.6 is 23.1 Å². The number of phenolic OH excluding ortho intramolecular Hbond substituents is 1. The van der Waals surface area contributed by atoms with E-state index in [1.807, 2.05) is 18.2 Å². The molecule has 0 aliphatic rings. The number of nitrogens with one attached hydrogen (secondary N) is 1. The van der Waals surface area contributed by atoms with Gasteiger partial charge in [-0.1, -0.05) is 42.1 Å². The summed E-state index contributed by atoms with van der Waals surface area (Å²) in [6, 6.07) is 17.0. The van der Waals surface area contributed by atoms with Crippen molar-refractivity contribution >= 4 is 39.4 Å². The van der Waals surface area contributed by atoms with Gasteiger partial charge in [0.05, 0.1) is 10.3 Å². The molecule has 158 valence electrons. The Hall–Kier alpha value is -2.97. The van der Waals surface area contributed by atoms with E-state index in [9.17, 15) is 14.3 Å². The Balaban J connectivity index is 1.43. The van der Waals surface area contributed by atoms with Gasteiger partial charge in [-0.25, -0.2) is 14.4 Å². The standard InChI is InChI=1S/C23H20FN3O2S2/c24-17-9-3-1-7-15(17)19(30-23-27-21-20(31-23)12-6-13-25-21)11-5-14-26-22(29)16-8-2-4-10-18(16)28/h1-4,6-10,12-13,19,28H,5,11,14H2,(H,26,29). The molecule has 2 aromatic carbocycles. The molecular formula is C23H20FN3O2S2.